The zero-order chi connectivity index (χ0) is 33.5. The molecule has 1 aromatic heterocycles. The molecule has 2 heterocycles. The van der Waals surface area contributed by atoms with Crippen molar-refractivity contribution in [1.82, 2.24) is 15.2 Å². The Hall–Kier alpha value is -5.25. The van der Waals surface area contributed by atoms with Gasteiger partial charge < -0.3 is 25.7 Å². The third-order valence-electron chi connectivity index (χ3n) is 8.97. The summed E-state index contributed by atoms with van der Waals surface area (Å²) in [6.07, 6.45) is 3.82. The number of carbonyl (C=O) groups excluding carboxylic acids is 3. The maximum absolute atomic E-state index is 13.7. The number of anilines is 2. The molecule has 2 amide bonds. The van der Waals surface area contributed by atoms with Crippen LogP contribution in [0, 0.1) is 0 Å². The minimum atomic E-state index is -0.336. The number of esters is 1. The number of aryl methyl sites for hydroxylation is 2. The number of aromatic nitrogens is 1. The molecule has 1 fully saturated rings. The van der Waals surface area contributed by atoms with Crippen molar-refractivity contribution in [2.24, 2.45) is 0 Å². The van der Waals surface area contributed by atoms with Gasteiger partial charge in [0.25, 0.3) is 11.8 Å². The van der Waals surface area contributed by atoms with Crippen molar-refractivity contribution in [3.63, 3.8) is 0 Å². The lowest BCUT2D eigenvalue weighted by molar-refractivity contribution is 0.0600. The van der Waals surface area contributed by atoms with Crippen LogP contribution in [0.1, 0.15) is 60.6 Å². The number of methoxy groups -OCH3 is 1. The number of rotatable bonds is 12. The summed E-state index contributed by atoms with van der Waals surface area (Å²) in [5, 5.41) is 10.1. The molecule has 0 radical (unpaired) electrons. The first-order valence-electron chi connectivity index (χ1n) is 16.4. The second-order valence-corrected chi connectivity index (χ2v) is 12.3. The third kappa shape index (κ3) is 7.82. The number of para-hydroxylation sites is 1. The monoisotopic (exact) mass is 643 g/mol. The summed E-state index contributed by atoms with van der Waals surface area (Å²) < 4.78 is 4.77. The summed E-state index contributed by atoms with van der Waals surface area (Å²) in [6.45, 7) is 2.79. The molecule has 1 atom stereocenters. The number of likely N-dealkylation sites (N-methyl/N-ethyl adjacent to an activating group) is 1. The van der Waals surface area contributed by atoms with E-state index in [0.717, 1.165) is 72.9 Å². The van der Waals surface area contributed by atoms with Gasteiger partial charge in [0.1, 0.15) is 5.82 Å². The van der Waals surface area contributed by atoms with Crippen LogP contribution in [-0.4, -0.2) is 61.0 Å². The molecule has 9 heteroatoms. The van der Waals surface area contributed by atoms with E-state index in [9.17, 15) is 14.4 Å². The number of nitrogens with zero attached hydrogens (tertiary/aromatic N) is 1. The number of benzene rings is 4. The Morgan fingerprint density at radius 3 is 2.25 bits per heavy atom. The van der Waals surface area contributed by atoms with Crippen LogP contribution in [0.25, 0.3) is 10.9 Å². The molecule has 1 aliphatic rings. The van der Waals surface area contributed by atoms with E-state index in [2.05, 4.69) is 25.8 Å². The molecule has 48 heavy (non-hydrogen) atoms. The zero-order valence-corrected chi connectivity index (χ0v) is 27.3. The number of fused-ring (bicyclic) bond motifs is 1. The summed E-state index contributed by atoms with van der Waals surface area (Å²) in [6, 6.07) is 31.0. The Bertz CT molecular complexity index is 1900. The van der Waals surface area contributed by atoms with Crippen LogP contribution >= 0.6 is 0 Å². The fourth-order valence-corrected chi connectivity index (χ4v) is 6.31. The molecule has 0 spiro atoms. The highest BCUT2D eigenvalue weighted by Gasteiger charge is 2.23. The molecule has 1 aliphatic heterocycles. The molecule has 9 nitrogen and oxygen atoms in total. The summed E-state index contributed by atoms with van der Waals surface area (Å²) in [5.41, 5.74) is 6.28. The molecule has 1 unspecified atom stereocenters. The number of hydrogen-bond acceptors (Lipinski definition) is 6. The van der Waals surface area contributed by atoms with Gasteiger partial charge in [-0.15, -0.1) is 0 Å². The predicted octanol–water partition coefficient (Wildman–Crippen LogP) is 6.43. The van der Waals surface area contributed by atoms with E-state index in [1.165, 1.54) is 7.11 Å². The molecule has 0 bridgehead atoms. The van der Waals surface area contributed by atoms with Gasteiger partial charge in [0.05, 0.1) is 18.2 Å². The molecule has 6 rings (SSSR count). The van der Waals surface area contributed by atoms with Gasteiger partial charge in [0.15, 0.2) is 0 Å². The van der Waals surface area contributed by atoms with Gasteiger partial charge in [-0.3, -0.25) is 14.5 Å². The predicted molar refractivity (Wildman–Crippen MR) is 190 cm³/mol. The molecular weight excluding hydrogens is 602 g/mol. The number of likely N-dealkylation sites (tertiary alicyclic amines) is 1. The summed E-state index contributed by atoms with van der Waals surface area (Å²) in [5.74, 6) is -0.572. The highest BCUT2D eigenvalue weighted by molar-refractivity contribution is 6.19. The normalized spacial score (nSPS) is 14.6. The SMILES string of the molecule is CNC1CCN(Cc2cccc(C(=O)Nc3[nH]c4ccccc4c3C(=O)Nc3ccc(CCCc4ccc(C(=O)OC)cc4)cc3)c2)C1. The minimum absolute atomic E-state index is 0.282. The first-order chi connectivity index (χ1) is 23.4. The lowest BCUT2D eigenvalue weighted by atomic mass is 10.0. The molecule has 0 saturated carbocycles. The highest BCUT2D eigenvalue weighted by Crippen LogP contribution is 2.28. The number of hydrogen-bond donors (Lipinski definition) is 4. The molecule has 1 saturated heterocycles. The average molecular weight is 644 g/mol. The van der Waals surface area contributed by atoms with E-state index in [4.69, 9.17) is 4.74 Å². The van der Waals surface area contributed by atoms with Crippen LogP contribution in [0.3, 0.4) is 0 Å². The lowest BCUT2D eigenvalue weighted by Crippen LogP contribution is -2.29. The Balaban J connectivity index is 1.09. The fraction of sp³-hybridized carbons (Fsp3) is 0.256. The van der Waals surface area contributed by atoms with E-state index in [1.807, 2.05) is 85.9 Å². The van der Waals surface area contributed by atoms with Crippen molar-refractivity contribution >= 4 is 40.2 Å². The highest BCUT2D eigenvalue weighted by atomic mass is 16.5. The van der Waals surface area contributed by atoms with Crippen molar-refractivity contribution in [3.8, 4) is 0 Å². The van der Waals surface area contributed by atoms with Gasteiger partial charge in [0.2, 0.25) is 0 Å². The van der Waals surface area contributed by atoms with E-state index in [1.54, 1.807) is 18.2 Å². The number of ether oxygens (including phenoxy) is 1. The molecular formula is C39H41N5O4. The van der Waals surface area contributed by atoms with Crippen LogP contribution in [0.15, 0.2) is 97.1 Å². The number of aromatic amines is 1. The zero-order valence-electron chi connectivity index (χ0n) is 27.3. The van der Waals surface area contributed by atoms with Gasteiger partial charge in [0, 0.05) is 47.8 Å². The molecule has 5 aromatic rings. The topological polar surface area (TPSA) is 116 Å². The van der Waals surface area contributed by atoms with E-state index >= 15 is 0 Å². The van der Waals surface area contributed by atoms with Crippen LogP contribution in [-0.2, 0) is 24.1 Å². The second kappa shape index (κ2) is 15.1. The standard InChI is InChI=1S/C39H41N5O4/c1-40-32-21-22-44(25-32)24-28-9-6-10-30(23-28)37(45)43-36-35(33-11-3-4-12-34(33)42-36)38(46)41-31-19-15-27(16-20-31)8-5-7-26-13-17-29(18-14-26)39(47)48-2/h3-4,6,9-20,23,32,40,42H,5,7-8,21-22,24-25H2,1-2H3,(H,41,46)(H,43,45). The number of amides is 2. The van der Waals surface area contributed by atoms with Crippen molar-refractivity contribution in [3.05, 3.63) is 130 Å². The first kappa shape index (κ1) is 32.7. The van der Waals surface area contributed by atoms with Crippen molar-refractivity contribution in [1.29, 1.82) is 0 Å². The molecule has 4 N–H and O–H groups in total. The van der Waals surface area contributed by atoms with E-state index in [0.29, 0.717) is 34.2 Å². The van der Waals surface area contributed by atoms with E-state index < -0.39 is 0 Å². The Labute approximate surface area is 280 Å². The minimum Gasteiger partial charge on any atom is -0.465 e. The average Bonchev–Trinajstić information content (AvgIpc) is 3.73. The van der Waals surface area contributed by atoms with Crippen LogP contribution in [0.5, 0.6) is 0 Å². The van der Waals surface area contributed by atoms with Gasteiger partial charge in [-0.05, 0) is 91.9 Å². The van der Waals surface area contributed by atoms with Crippen LogP contribution < -0.4 is 16.0 Å². The number of carbonyl (C=O) groups is 3. The largest absolute Gasteiger partial charge is 0.465 e. The number of H-pyrrole nitrogens is 1. The Kier molecular flexibility index (Phi) is 10.3. The van der Waals surface area contributed by atoms with Gasteiger partial charge in [-0.25, -0.2) is 4.79 Å². The molecule has 246 valence electrons. The molecule has 4 aromatic carbocycles. The fourth-order valence-electron chi connectivity index (χ4n) is 6.31. The Morgan fingerprint density at radius 2 is 1.54 bits per heavy atom. The summed E-state index contributed by atoms with van der Waals surface area (Å²) in [7, 11) is 3.37. The molecule has 0 aliphatic carbocycles. The first-order valence-corrected chi connectivity index (χ1v) is 16.4. The van der Waals surface area contributed by atoms with Crippen molar-refractivity contribution in [2.75, 3.05) is 37.9 Å². The maximum Gasteiger partial charge on any atom is 0.337 e. The second-order valence-electron chi connectivity index (χ2n) is 12.3. The van der Waals surface area contributed by atoms with E-state index in [-0.39, 0.29) is 17.8 Å². The third-order valence-corrected chi connectivity index (χ3v) is 8.97. The van der Waals surface area contributed by atoms with Crippen molar-refractivity contribution < 1.29 is 19.1 Å². The van der Waals surface area contributed by atoms with Gasteiger partial charge in [-0.1, -0.05) is 54.6 Å². The Morgan fingerprint density at radius 1 is 0.812 bits per heavy atom. The smallest absolute Gasteiger partial charge is 0.337 e. The summed E-state index contributed by atoms with van der Waals surface area (Å²) >= 11 is 0. The van der Waals surface area contributed by atoms with Crippen LogP contribution in [0.4, 0.5) is 11.5 Å². The van der Waals surface area contributed by atoms with Crippen molar-refractivity contribution in [2.45, 2.75) is 38.3 Å². The number of nitrogens with one attached hydrogen (secondary N) is 4. The van der Waals surface area contributed by atoms with Gasteiger partial charge >= 0.3 is 5.97 Å². The van der Waals surface area contributed by atoms with Crippen LogP contribution in [0.2, 0.25) is 0 Å². The lowest BCUT2D eigenvalue weighted by Gasteiger charge is -2.16. The quantitative estimate of drug-likeness (QED) is 0.117. The maximum atomic E-state index is 13.7. The van der Waals surface area contributed by atoms with Gasteiger partial charge in [-0.2, -0.15) is 0 Å². The summed E-state index contributed by atoms with van der Waals surface area (Å²) in [4.78, 5) is 44.5.